The first kappa shape index (κ1) is 14.0. The molecule has 110 valence electrons. The van der Waals surface area contributed by atoms with Crippen LogP contribution in [0.15, 0.2) is 36.7 Å². The Morgan fingerprint density at radius 1 is 1.24 bits per heavy atom. The van der Waals surface area contributed by atoms with Crippen molar-refractivity contribution in [3.05, 3.63) is 53.7 Å². The third-order valence-corrected chi connectivity index (χ3v) is 4.06. The highest BCUT2D eigenvalue weighted by atomic mass is 19.1. The van der Waals surface area contributed by atoms with E-state index in [1.807, 2.05) is 12.3 Å². The molecule has 4 heteroatoms. The van der Waals surface area contributed by atoms with Crippen molar-refractivity contribution in [3.63, 3.8) is 0 Å². The maximum absolute atomic E-state index is 13.1. The number of nitrogens with zero attached hydrogens (tertiary/aromatic N) is 3. The van der Waals surface area contributed by atoms with E-state index in [2.05, 4.69) is 34.8 Å². The summed E-state index contributed by atoms with van der Waals surface area (Å²) < 4.78 is 13.1. The van der Waals surface area contributed by atoms with Crippen LogP contribution < -0.4 is 4.90 Å². The molecule has 1 aliphatic rings. The lowest BCUT2D eigenvalue weighted by atomic mass is 10.0. The minimum atomic E-state index is -0.288. The molecule has 0 aliphatic carbocycles. The molecule has 0 radical (unpaired) electrons. The second-order valence-corrected chi connectivity index (χ2v) is 5.82. The van der Waals surface area contributed by atoms with Crippen molar-refractivity contribution in [1.29, 1.82) is 0 Å². The number of hydrogen-bond acceptors (Lipinski definition) is 3. The van der Waals surface area contributed by atoms with Crippen molar-refractivity contribution < 1.29 is 4.39 Å². The van der Waals surface area contributed by atoms with Crippen LogP contribution in [0.25, 0.3) is 0 Å². The Hall–Kier alpha value is -1.97. The number of rotatable bonds is 3. The quantitative estimate of drug-likeness (QED) is 0.851. The third kappa shape index (κ3) is 2.75. The summed E-state index contributed by atoms with van der Waals surface area (Å²) in [6.45, 7) is 5.34. The first-order chi connectivity index (χ1) is 10.2. The molecule has 3 heterocycles. The second-order valence-electron chi connectivity index (χ2n) is 5.82. The van der Waals surface area contributed by atoms with Gasteiger partial charge in [-0.25, -0.2) is 9.37 Å². The van der Waals surface area contributed by atoms with Crippen LogP contribution in [-0.4, -0.2) is 16.5 Å². The number of hydrogen-bond donors (Lipinski definition) is 0. The maximum atomic E-state index is 13.1. The Morgan fingerprint density at radius 3 is 2.81 bits per heavy atom. The molecule has 1 saturated heterocycles. The minimum absolute atomic E-state index is 0.193. The lowest BCUT2D eigenvalue weighted by Crippen LogP contribution is -2.25. The fourth-order valence-corrected chi connectivity index (χ4v) is 3.01. The summed E-state index contributed by atoms with van der Waals surface area (Å²) in [6.07, 6.45) is 5.28. The first-order valence-electron chi connectivity index (χ1n) is 7.50. The van der Waals surface area contributed by atoms with Crippen LogP contribution in [0.5, 0.6) is 0 Å². The molecule has 0 bridgehead atoms. The van der Waals surface area contributed by atoms with E-state index in [1.165, 1.54) is 17.8 Å². The smallest absolute Gasteiger partial charge is 0.141 e. The van der Waals surface area contributed by atoms with E-state index in [4.69, 9.17) is 0 Å². The summed E-state index contributed by atoms with van der Waals surface area (Å²) in [5.41, 5.74) is 2.18. The molecule has 0 spiro atoms. The SMILES string of the molecule is CC(C)c1cccnc1N1CCCC1c1ccc(F)cn1. The molecule has 0 aromatic carbocycles. The van der Waals surface area contributed by atoms with Crippen molar-refractivity contribution in [1.82, 2.24) is 9.97 Å². The summed E-state index contributed by atoms with van der Waals surface area (Å²) >= 11 is 0. The average Bonchev–Trinajstić information content (AvgIpc) is 2.97. The summed E-state index contributed by atoms with van der Waals surface area (Å²) in [5.74, 6) is 1.18. The van der Waals surface area contributed by atoms with Gasteiger partial charge in [0.15, 0.2) is 0 Å². The highest BCUT2D eigenvalue weighted by Crippen LogP contribution is 2.37. The molecule has 3 nitrogen and oxygen atoms in total. The van der Waals surface area contributed by atoms with Crippen molar-refractivity contribution in [2.24, 2.45) is 0 Å². The second kappa shape index (κ2) is 5.80. The molecule has 2 aromatic heterocycles. The molecule has 21 heavy (non-hydrogen) atoms. The van der Waals surface area contributed by atoms with E-state index in [9.17, 15) is 4.39 Å². The summed E-state index contributed by atoms with van der Waals surface area (Å²) in [5, 5.41) is 0. The van der Waals surface area contributed by atoms with Crippen molar-refractivity contribution in [3.8, 4) is 0 Å². The van der Waals surface area contributed by atoms with Gasteiger partial charge in [0.1, 0.15) is 11.6 Å². The van der Waals surface area contributed by atoms with Crippen LogP contribution in [-0.2, 0) is 0 Å². The number of halogens is 1. The summed E-state index contributed by atoms with van der Waals surface area (Å²) in [4.78, 5) is 11.2. The van der Waals surface area contributed by atoms with Gasteiger partial charge in [0.25, 0.3) is 0 Å². The van der Waals surface area contributed by atoms with Crippen LogP contribution in [0.2, 0.25) is 0 Å². The van der Waals surface area contributed by atoms with Crippen LogP contribution in [0.3, 0.4) is 0 Å². The van der Waals surface area contributed by atoms with Gasteiger partial charge in [0.2, 0.25) is 0 Å². The molecule has 2 aromatic rings. The highest BCUT2D eigenvalue weighted by Gasteiger charge is 2.29. The van der Waals surface area contributed by atoms with Gasteiger partial charge < -0.3 is 4.90 Å². The maximum Gasteiger partial charge on any atom is 0.141 e. The fraction of sp³-hybridized carbons (Fsp3) is 0.412. The van der Waals surface area contributed by atoms with Gasteiger partial charge in [0, 0.05) is 12.7 Å². The predicted molar refractivity (Wildman–Crippen MR) is 81.8 cm³/mol. The van der Waals surface area contributed by atoms with Crippen LogP contribution in [0.1, 0.15) is 49.9 Å². The molecule has 1 unspecified atom stereocenters. The first-order valence-corrected chi connectivity index (χ1v) is 7.50. The molecule has 1 atom stereocenters. The monoisotopic (exact) mass is 285 g/mol. The Kier molecular flexibility index (Phi) is 3.86. The zero-order chi connectivity index (χ0) is 14.8. The molecule has 0 saturated carbocycles. The largest absolute Gasteiger partial charge is 0.348 e. The lowest BCUT2D eigenvalue weighted by molar-refractivity contribution is 0.611. The molecule has 3 rings (SSSR count). The molecule has 0 amide bonds. The van der Waals surface area contributed by atoms with E-state index in [0.29, 0.717) is 5.92 Å². The Bertz CT molecular complexity index is 610. The predicted octanol–water partition coefficient (Wildman–Crippen LogP) is 4.08. The van der Waals surface area contributed by atoms with Crippen LogP contribution >= 0.6 is 0 Å². The number of anilines is 1. The van der Waals surface area contributed by atoms with Gasteiger partial charge in [0.05, 0.1) is 17.9 Å². The normalized spacial score (nSPS) is 18.5. The minimum Gasteiger partial charge on any atom is -0.348 e. The van der Waals surface area contributed by atoms with Gasteiger partial charge in [-0.1, -0.05) is 19.9 Å². The van der Waals surface area contributed by atoms with E-state index < -0.39 is 0 Å². The van der Waals surface area contributed by atoms with Crippen LogP contribution in [0.4, 0.5) is 10.2 Å². The molecule has 1 aliphatic heterocycles. The third-order valence-electron chi connectivity index (χ3n) is 4.06. The fourth-order valence-electron chi connectivity index (χ4n) is 3.01. The van der Waals surface area contributed by atoms with Gasteiger partial charge >= 0.3 is 0 Å². The Labute approximate surface area is 124 Å². The Balaban J connectivity index is 1.96. The highest BCUT2D eigenvalue weighted by molar-refractivity contribution is 5.51. The summed E-state index contributed by atoms with van der Waals surface area (Å²) in [7, 11) is 0. The average molecular weight is 285 g/mol. The number of pyridine rings is 2. The Morgan fingerprint density at radius 2 is 2.10 bits per heavy atom. The van der Waals surface area contributed by atoms with Crippen LogP contribution in [0, 0.1) is 5.82 Å². The number of aromatic nitrogens is 2. The molecular weight excluding hydrogens is 265 g/mol. The van der Waals surface area contributed by atoms with E-state index in [-0.39, 0.29) is 11.9 Å². The van der Waals surface area contributed by atoms with Crippen molar-refractivity contribution >= 4 is 5.82 Å². The molecular formula is C17H20FN3. The molecule has 0 N–H and O–H groups in total. The topological polar surface area (TPSA) is 29.0 Å². The zero-order valence-electron chi connectivity index (χ0n) is 12.5. The lowest BCUT2D eigenvalue weighted by Gasteiger charge is -2.28. The standard InChI is InChI=1S/C17H20FN3/c1-12(2)14-5-3-9-19-17(14)21-10-4-6-16(21)15-8-7-13(18)11-20-15/h3,5,7-9,11-12,16H,4,6,10H2,1-2H3. The van der Waals surface area contributed by atoms with Gasteiger partial charge in [-0.15, -0.1) is 0 Å². The van der Waals surface area contributed by atoms with Crippen molar-refractivity contribution in [2.45, 2.75) is 38.6 Å². The van der Waals surface area contributed by atoms with Crippen molar-refractivity contribution in [2.75, 3.05) is 11.4 Å². The van der Waals surface area contributed by atoms with E-state index in [0.717, 1.165) is 30.9 Å². The molecule has 1 fully saturated rings. The van der Waals surface area contributed by atoms with Gasteiger partial charge in [-0.3, -0.25) is 4.98 Å². The zero-order valence-corrected chi connectivity index (χ0v) is 12.5. The van der Waals surface area contributed by atoms with E-state index in [1.54, 1.807) is 6.07 Å². The van der Waals surface area contributed by atoms with E-state index >= 15 is 0 Å². The summed E-state index contributed by atoms with van der Waals surface area (Å²) in [6, 6.07) is 7.59. The van der Waals surface area contributed by atoms with Gasteiger partial charge in [-0.05, 0) is 42.5 Å². The van der Waals surface area contributed by atoms with Gasteiger partial charge in [-0.2, -0.15) is 0 Å².